The third-order valence-corrected chi connectivity index (χ3v) is 5.56. The van der Waals surface area contributed by atoms with Gasteiger partial charge in [0.05, 0.1) is 11.5 Å². The molecule has 0 aliphatic carbocycles. The van der Waals surface area contributed by atoms with Crippen LogP contribution in [0, 0.1) is 6.92 Å². The minimum absolute atomic E-state index is 0.0782. The molecule has 1 fully saturated rings. The van der Waals surface area contributed by atoms with E-state index in [1.54, 1.807) is 12.4 Å². The number of hydrogen-bond donors (Lipinski definition) is 1. The molecule has 2 heterocycles. The van der Waals surface area contributed by atoms with Crippen molar-refractivity contribution in [2.75, 3.05) is 43.0 Å². The molecule has 2 aromatic rings. The first kappa shape index (κ1) is 20.4. The second-order valence-electron chi connectivity index (χ2n) is 6.92. The van der Waals surface area contributed by atoms with Gasteiger partial charge in [0.2, 0.25) is 11.8 Å². The Labute approximate surface area is 170 Å². The molecule has 1 aromatic carbocycles. The van der Waals surface area contributed by atoms with Gasteiger partial charge in [-0.15, -0.1) is 11.8 Å². The average molecular weight is 399 g/mol. The molecule has 0 spiro atoms. The van der Waals surface area contributed by atoms with Crippen LogP contribution in [0.3, 0.4) is 0 Å². The summed E-state index contributed by atoms with van der Waals surface area (Å²) in [6, 6.07) is 11.7. The number of piperazine rings is 1. The van der Waals surface area contributed by atoms with Crippen LogP contribution in [0.15, 0.2) is 48.8 Å². The topological polar surface area (TPSA) is 65.5 Å². The molecule has 6 nitrogen and oxygen atoms in total. The summed E-state index contributed by atoms with van der Waals surface area (Å²) in [5.74, 6) is 0.648. The van der Waals surface area contributed by atoms with Gasteiger partial charge < -0.3 is 10.2 Å². The lowest BCUT2D eigenvalue weighted by molar-refractivity contribution is -0.130. The van der Waals surface area contributed by atoms with Gasteiger partial charge in [-0.05, 0) is 42.3 Å². The fourth-order valence-electron chi connectivity index (χ4n) is 3.14. The Morgan fingerprint density at radius 2 is 1.82 bits per heavy atom. The number of nitrogens with zero attached hydrogens (tertiary/aromatic N) is 3. The first-order valence-electron chi connectivity index (χ1n) is 9.43. The van der Waals surface area contributed by atoms with Gasteiger partial charge in [-0.25, -0.2) is 0 Å². The number of pyridine rings is 1. The largest absolute Gasteiger partial charge is 0.339 e. The van der Waals surface area contributed by atoms with E-state index >= 15 is 0 Å². The number of thioether (sulfide) groups is 1. The number of hydrogen-bond acceptors (Lipinski definition) is 5. The summed E-state index contributed by atoms with van der Waals surface area (Å²) in [6.07, 6.45) is 3.61. The maximum Gasteiger partial charge on any atom is 0.234 e. The second kappa shape index (κ2) is 10.2. The van der Waals surface area contributed by atoms with Gasteiger partial charge in [0, 0.05) is 50.8 Å². The zero-order valence-corrected chi connectivity index (χ0v) is 17.0. The van der Waals surface area contributed by atoms with E-state index in [-0.39, 0.29) is 17.6 Å². The van der Waals surface area contributed by atoms with Gasteiger partial charge in [-0.2, -0.15) is 0 Å². The molecule has 7 heteroatoms. The van der Waals surface area contributed by atoms with Crippen molar-refractivity contribution >= 4 is 29.3 Å². The van der Waals surface area contributed by atoms with Crippen LogP contribution in [0.4, 0.5) is 5.69 Å². The fourth-order valence-corrected chi connectivity index (χ4v) is 3.86. The van der Waals surface area contributed by atoms with E-state index in [2.05, 4.69) is 15.2 Å². The predicted octanol–water partition coefficient (Wildman–Crippen LogP) is 2.41. The number of nitrogens with one attached hydrogen (secondary N) is 1. The van der Waals surface area contributed by atoms with E-state index in [9.17, 15) is 9.59 Å². The smallest absolute Gasteiger partial charge is 0.234 e. The number of benzene rings is 1. The van der Waals surface area contributed by atoms with Crippen molar-refractivity contribution in [3.63, 3.8) is 0 Å². The molecule has 0 atom stereocenters. The zero-order valence-electron chi connectivity index (χ0n) is 16.1. The van der Waals surface area contributed by atoms with E-state index in [0.717, 1.165) is 44.0 Å². The molecular weight excluding hydrogens is 372 g/mol. The highest BCUT2D eigenvalue weighted by molar-refractivity contribution is 8.00. The van der Waals surface area contributed by atoms with Crippen molar-refractivity contribution in [2.24, 2.45) is 0 Å². The highest BCUT2D eigenvalue weighted by Crippen LogP contribution is 2.12. The normalized spacial score (nSPS) is 14.7. The lowest BCUT2D eigenvalue weighted by Crippen LogP contribution is -2.48. The SMILES string of the molecule is Cc1cccc(NC(=O)CSCC(=O)N2CCN(Cc3ccncc3)CC2)c1. The molecule has 1 N–H and O–H groups in total. The quantitative estimate of drug-likeness (QED) is 0.776. The summed E-state index contributed by atoms with van der Waals surface area (Å²) in [5.41, 5.74) is 3.14. The number of aromatic nitrogens is 1. The van der Waals surface area contributed by atoms with E-state index in [1.165, 1.54) is 17.3 Å². The summed E-state index contributed by atoms with van der Waals surface area (Å²) in [5, 5.41) is 2.87. The van der Waals surface area contributed by atoms with Gasteiger partial charge in [0.1, 0.15) is 0 Å². The van der Waals surface area contributed by atoms with Crippen molar-refractivity contribution in [3.8, 4) is 0 Å². The first-order valence-corrected chi connectivity index (χ1v) is 10.6. The van der Waals surface area contributed by atoms with Crippen LogP contribution in [0.5, 0.6) is 0 Å². The minimum atomic E-state index is -0.0782. The molecule has 2 amide bonds. The molecule has 0 radical (unpaired) electrons. The van der Waals surface area contributed by atoms with Crippen molar-refractivity contribution in [2.45, 2.75) is 13.5 Å². The van der Waals surface area contributed by atoms with Crippen molar-refractivity contribution < 1.29 is 9.59 Å². The number of carbonyl (C=O) groups excluding carboxylic acids is 2. The number of aryl methyl sites for hydroxylation is 1. The Hall–Kier alpha value is -2.38. The number of carbonyl (C=O) groups is 2. The molecule has 1 saturated heterocycles. The molecule has 1 aliphatic heterocycles. The van der Waals surface area contributed by atoms with Crippen LogP contribution in [0.25, 0.3) is 0 Å². The molecular formula is C21H26N4O2S. The monoisotopic (exact) mass is 398 g/mol. The molecule has 0 saturated carbocycles. The van der Waals surface area contributed by atoms with Gasteiger partial charge in [0.15, 0.2) is 0 Å². The lowest BCUT2D eigenvalue weighted by atomic mass is 10.2. The van der Waals surface area contributed by atoms with E-state index in [4.69, 9.17) is 0 Å². The first-order chi connectivity index (χ1) is 13.6. The fraction of sp³-hybridized carbons (Fsp3) is 0.381. The lowest BCUT2D eigenvalue weighted by Gasteiger charge is -2.34. The molecule has 28 heavy (non-hydrogen) atoms. The van der Waals surface area contributed by atoms with Crippen LogP contribution in [-0.2, 0) is 16.1 Å². The summed E-state index contributed by atoms with van der Waals surface area (Å²) < 4.78 is 0. The summed E-state index contributed by atoms with van der Waals surface area (Å²) in [4.78, 5) is 32.7. The summed E-state index contributed by atoms with van der Waals surface area (Å²) in [6.45, 7) is 6.08. The third-order valence-electron chi connectivity index (χ3n) is 4.64. The van der Waals surface area contributed by atoms with Crippen molar-refractivity contribution in [1.29, 1.82) is 0 Å². The van der Waals surface area contributed by atoms with E-state index in [0.29, 0.717) is 5.75 Å². The maximum absolute atomic E-state index is 12.4. The molecule has 148 valence electrons. The minimum Gasteiger partial charge on any atom is -0.339 e. The van der Waals surface area contributed by atoms with E-state index < -0.39 is 0 Å². The molecule has 0 unspecified atom stereocenters. The average Bonchev–Trinajstić information content (AvgIpc) is 2.69. The number of anilines is 1. The Bertz CT molecular complexity index is 792. The van der Waals surface area contributed by atoms with Crippen molar-refractivity contribution in [1.82, 2.24) is 14.8 Å². The van der Waals surface area contributed by atoms with Crippen molar-refractivity contribution in [3.05, 3.63) is 59.9 Å². The van der Waals surface area contributed by atoms with Crippen LogP contribution < -0.4 is 5.32 Å². The molecule has 3 rings (SSSR count). The van der Waals surface area contributed by atoms with Gasteiger partial charge in [-0.3, -0.25) is 19.5 Å². The Morgan fingerprint density at radius 3 is 2.54 bits per heavy atom. The molecule has 0 bridgehead atoms. The molecule has 1 aliphatic rings. The Balaban J connectivity index is 1.34. The predicted molar refractivity (Wildman–Crippen MR) is 113 cm³/mol. The number of rotatable bonds is 7. The Kier molecular flexibility index (Phi) is 7.45. The van der Waals surface area contributed by atoms with Crippen LogP contribution in [-0.4, -0.2) is 64.3 Å². The van der Waals surface area contributed by atoms with Gasteiger partial charge in [0.25, 0.3) is 0 Å². The van der Waals surface area contributed by atoms with Gasteiger partial charge in [-0.1, -0.05) is 12.1 Å². The summed E-state index contributed by atoms with van der Waals surface area (Å²) >= 11 is 1.37. The summed E-state index contributed by atoms with van der Waals surface area (Å²) in [7, 11) is 0. The molecule has 1 aromatic heterocycles. The van der Waals surface area contributed by atoms with Crippen LogP contribution in [0.1, 0.15) is 11.1 Å². The van der Waals surface area contributed by atoms with Crippen LogP contribution in [0.2, 0.25) is 0 Å². The second-order valence-corrected chi connectivity index (χ2v) is 7.91. The highest BCUT2D eigenvalue weighted by atomic mass is 32.2. The number of amides is 2. The van der Waals surface area contributed by atoms with Gasteiger partial charge >= 0.3 is 0 Å². The standard InChI is InChI=1S/C21H26N4O2S/c1-17-3-2-4-19(13-17)23-20(26)15-28-16-21(27)25-11-9-24(10-12-25)14-18-5-7-22-8-6-18/h2-8,13H,9-12,14-16H2,1H3,(H,23,26). The van der Waals surface area contributed by atoms with E-state index in [1.807, 2.05) is 48.2 Å². The third kappa shape index (κ3) is 6.35. The Morgan fingerprint density at radius 1 is 1.07 bits per heavy atom. The highest BCUT2D eigenvalue weighted by Gasteiger charge is 2.21. The zero-order chi connectivity index (χ0) is 19.8. The van der Waals surface area contributed by atoms with Crippen LogP contribution >= 0.6 is 11.8 Å². The maximum atomic E-state index is 12.4.